The van der Waals surface area contributed by atoms with E-state index in [0.717, 1.165) is 0 Å². The molecule has 0 radical (unpaired) electrons. The first-order valence-corrected chi connectivity index (χ1v) is 4.92. The summed E-state index contributed by atoms with van der Waals surface area (Å²) in [6.45, 7) is 2.88. The van der Waals surface area contributed by atoms with E-state index in [-0.39, 0.29) is 5.02 Å². The van der Waals surface area contributed by atoms with Crippen molar-refractivity contribution in [2.75, 3.05) is 0 Å². The van der Waals surface area contributed by atoms with Crippen molar-refractivity contribution in [2.24, 2.45) is 5.92 Å². The Morgan fingerprint density at radius 1 is 1.33 bits per heavy atom. The van der Waals surface area contributed by atoms with Gasteiger partial charge < -0.3 is 0 Å². The predicted molar refractivity (Wildman–Crippen MR) is 55.2 cm³/mol. The van der Waals surface area contributed by atoms with Gasteiger partial charge in [-0.25, -0.2) is 0 Å². The Hall–Kier alpha value is -0.960. The topological polar surface area (TPSA) is 17.1 Å². The van der Waals surface area contributed by atoms with Crippen LogP contribution in [0, 0.1) is 5.92 Å². The highest BCUT2D eigenvalue weighted by Crippen LogP contribution is 2.35. The molecule has 0 fully saturated rings. The molecule has 4 heteroatoms. The molecule has 0 spiro atoms. The summed E-state index contributed by atoms with van der Waals surface area (Å²) in [4.78, 5) is 11.3. The Bertz CT molecular complexity index is 375. The largest absolute Gasteiger partial charge is 0.332 e. The van der Waals surface area contributed by atoms with E-state index in [1.54, 1.807) is 6.07 Å². The number of carbonyl (C=O) groups excluding carboxylic acids is 1. The smallest absolute Gasteiger partial charge is 0.292 e. The Kier molecular flexibility index (Phi) is 3.45. The number of hydrogen-bond acceptors (Lipinski definition) is 1. The maximum Gasteiger partial charge on any atom is 0.332 e. The van der Waals surface area contributed by atoms with Gasteiger partial charge in [-0.15, -0.1) is 0 Å². The molecule has 1 aromatic carbocycles. The zero-order chi connectivity index (χ0) is 11.6. The standard InChI is InChI=1S/C11H11ClF2O/c1-7(2)10(15)11(13,14)8-5-3-4-6-9(8)12/h3-7H,1-2H3. The van der Waals surface area contributed by atoms with Gasteiger partial charge >= 0.3 is 5.92 Å². The molecule has 82 valence electrons. The third-order valence-electron chi connectivity index (χ3n) is 2.05. The van der Waals surface area contributed by atoms with Gasteiger partial charge in [0.2, 0.25) is 5.78 Å². The number of halogens is 3. The van der Waals surface area contributed by atoms with Gasteiger partial charge in [-0.2, -0.15) is 8.78 Å². The van der Waals surface area contributed by atoms with E-state index in [9.17, 15) is 13.6 Å². The highest BCUT2D eigenvalue weighted by molar-refractivity contribution is 6.31. The number of ketones is 1. The fraction of sp³-hybridized carbons (Fsp3) is 0.364. The molecule has 1 nitrogen and oxygen atoms in total. The first kappa shape index (κ1) is 12.1. The van der Waals surface area contributed by atoms with E-state index < -0.39 is 23.2 Å². The lowest BCUT2D eigenvalue weighted by Gasteiger charge is -2.18. The van der Waals surface area contributed by atoms with Gasteiger partial charge in [0.15, 0.2) is 0 Å². The van der Waals surface area contributed by atoms with E-state index in [1.807, 2.05) is 0 Å². The summed E-state index contributed by atoms with van der Waals surface area (Å²) in [5, 5.41) is -0.0866. The highest BCUT2D eigenvalue weighted by atomic mass is 35.5. The van der Waals surface area contributed by atoms with E-state index in [0.29, 0.717) is 0 Å². The maximum absolute atomic E-state index is 13.6. The van der Waals surface area contributed by atoms with Crippen LogP contribution in [-0.4, -0.2) is 5.78 Å². The first-order chi connectivity index (χ1) is 6.87. The van der Waals surface area contributed by atoms with Crippen LogP contribution in [0.4, 0.5) is 8.78 Å². The van der Waals surface area contributed by atoms with Crippen molar-refractivity contribution in [2.45, 2.75) is 19.8 Å². The van der Waals surface area contributed by atoms with E-state index >= 15 is 0 Å². The minimum absolute atomic E-state index is 0.0866. The zero-order valence-electron chi connectivity index (χ0n) is 8.43. The molecule has 0 saturated carbocycles. The quantitative estimate of drug-likeness (QED) is 0.777. The normalized spacial score (nSPS) is 11.9. The molecule has 0 N–H and O–H groups in total. The van der Waals surface area contributed by atoms with E-state index in [2.05, 4.69) is 0 Å². The molecule has 0 aromatic heterocycles. The highest BCUT2D eigenvalue weighted by Gasteiger charge is 2.43. The number of benzene rings is 1. The lowest BCUT2D eigenvalue weighted by Crippen LogP contribution is -2.30. The molecule has 1 rings (SSSR count). The Labute approximate surface area is 92.1 Å². The molecule has 0 atom stereocenters. The first-order valence-electron chi connectivity index (χ1n) is 4.54. The van der Waals surface area contributed by atoms with Crippen molar-refractivity contribution in [3.63, 3.8) is 0 Å². The molecule has 0 heterocycles. The van der Waals surface area contributed by atoms with Crippen molar-refractivity contribution in [1.29, 1.82) is 0 Å². The van der Waals surface area contributed by atoms with Crippen LogP contribution in [0.15, 0.2) is 24.3 Å². The Morgan fingerprint density at radius 3 is 2.33 bits per heavy atom. The van der Waals surface area contributed by atoms with Crippen LogP contribution in [-0.2, 0) is 10.7 Å². The van der Waals surface area contributed by atoms with Crippen molar-refractivity contribution < 1.29 is 13.6 Å². The zero-order valence-corrected chi connectivity index (χ0v) is 9.18. The van der Waals surface area contributed by atoms with E-state index in [1.165, 1.54) is 32.0 Å². The van der Waals surface area contributed by atoms with Crippen molar-refractivity contribution in [3.8, 4) is 0 Å². The summed E-state index contributed by atoms with van der Waals surface area (Å²) >= 11 is 5.63. The van der Waals surface area contributed by atoms with Crippen LogP contribution in [0.5, 0.6) is 0 Å². The Balaban J connectivity index is 3.17. The van der Waals surface area contributed by atoms with Crippen molar-refractivity contribution in [3.05, 3.63) is 34.9 Å². The molecule has 1 aromatic rings. The third kappa shape index (κ3) is 2.34. The number of Topliss-reactive ketones (excluding diaryl/α,β-unsaturated/α-hetero) is 1. The summed E-state index contributed by atoms with van der Waals surface area (Å²) < 4.78 is 27.3. The monoisotopic (exact) mass is 232 g/mol. The molecular formula is C11H11ClF2O. The molecule has 0 amide bonds. The van der Waals surface area contributed by atoms with Crippen LogP contribution >= 0.6 is 11.6 Å². The van der Waals surface area contributed by atoms with Crippen molar-refractivity contribution >= 4 is 17.4 Å². The summed E-state index contributed by atoms with van der Waals surface area (Å²) in [6.07, 6.45) is 0. The summed E-state index contributed by atoms with van der Waals surface area (Å²) in [5.41, 5.74) is -0.426. The molecule has 0 bridgehead atoms. The molecular weight excluding hydrogens is 222 g/mol. The molecule has 0 saturated heterocycles. The third-order valence-corrected chi connectivity index (χ3v) is 2.38. The lowest BCUT2D eigenvalue weighted by atomic mass is 9.97. The minimum Gasteiger partial charge on any atom is -0.292 e. The SMILES string of the molecule is CC(C)C(=O)C(F)(F)c1ccccc1Cl. The van der Waals surface area contributed by atoms with Gasteiger partial charge in [0.25, 0.3) is 0 Å². The van der Waals surface area contributed by atoms with Gasteiger partial charge in [-0.05, 0) is 6.07 Å². The molecule has 0 aliphatic heterocycles. The molecule has 0 aliphatic rings. The van der Waals surface area contributed by atoms with Gasteiger partial charge in [0.1, 0.15) is 0 Å². The number of rotatable bonds is 3. The second kappa shape index (κ2) is 4.27. The van der Waals surface area contributed by atoms with Gasteiger partial charge in [-0.1, -0.05) is 43.6 Å². The fourth-order valence-corrected chi connectivity index (χ4v) is 1.47. The molecule has 0 unspecified atom stereocenters. The minimum atomic E-state index is -3.51. The second-order valence-electron chi connectivity index (χ2n) is 3.57. The van der Waals surface area contributed by atoms with Gasteiger partial charge in [0.05, 0.1) is 5.02 Å². The van der Waals surface area contributed by atoms with Crippen LogP contribution in [0.2, 0.25) is 5.02 Å². The molecule has 15 heavy (non-hydrogen) atoms. The predicted octanol–water partition coefficient (Wildman–Crippen LogP) is 3.66. The number of carbonyl (C=O) groups is 1. The van der Waals surface area contributed by atoms with Crippen LogP contribution < -0.4 is 0 Å². The Morgan fingerprint density at radius 2 is 1.87 bits per heavy atom. The second-order valence-corrected chi connectivity index (χ2v) is 3.98. The van der Waals surface area contributed by atoms with Crippen LogP contribution in [0.25, 0.3) is 0 Å². The van der Waals surface area contributed by atoms with Crippen LogP contribution in [0.3, 0.4) is 0 Å². The van der Waals surface area contributed by atoms with E-state index in [4.69, 9.17) is 11.6 Å². The summed E-state index contributed by atoms with van der Waals surface area (Å²) in [5.74, 6) is -5.35. The summed E-state index contributed by atoms with van der Waals surface area (Å²) in [6, 6.07) is 5.49. The number of hydrogen-bond donors (Lipinski definition) is 0. The average molecular weight is 233 g/mol. The van der Waals surface area contributed by atoms with Gasteiger partial charge in [-0.3, -0.25) is 4.79 Å². The molecule has 0 aliphatic carbocycles. The maximum atomic E-state index is 13.6. The average Bonchev–Trinajstić information content (AvgIpc) is 2.16. The number of alkyl halides is 2. The fourth-order valence-electron chi connectivity index (χ4n) is 1.21. The van der Waals surface area contributed by atoms with Crippen LogP contribution in [0.1, 0.15) is 19.4 Å². The van der Waals surface area contributed by atoms with Crippen molar-refractivity contribution in [1.82, 2.24) is 0 Å². The summed E-state index contributed by atoms with van der Waals surface area (Å²) in [7, 11) is 0. The lowest BCUT2D eigenvalue weighted by molar-refractivity contribution is -0.147. The van der Waals surface area contributed by atoms with Gasteiger partial charge in [0, 0.05) is 11.5 Å².